The Kier molecular flexibility index (Phi) is 10.1. The van der Waals surface area contributed by atoms with Crippen molar-refractivity contribution in [2.75, 3.05) is 13.2 Å². The van der Waals surface area contributed by atoms with Crippen LogP contribution >= 0.6 is 0 Å². The molecule has 0 atom stereocenters. The minimum absolute atomic E-state index is 0.714. The first kappa shape index (κ1) is 18.1. The summed E-state index contributed by atoms with van der Waals surface area (Å²) in [5, 5.41) is 0. The molecule has 110 valence electrons. The maximum Gasteiger partial charge on any atom is 0.337 e. The lowest BCUT2D eigenvalue weighted by Crippen LogP contribution is -2.41. The molecule has 0 aromatic heterocycles. The average Bonchev–Trinajstić information content (AvgIpc) is 2.32. The van der Waals surface area contributed by atoms with E-state index in [0.29, 0.717) is 5.92 Å². The van der Waals surface area contributed by atoms with Crippen LogP contribution in [0.1, 0.15) is 60.8 Å². The van der Waals surface area contributed by atoms with Crippen LogP contribution in [0.2, 0.25) is 12.1 Å². The van der Waals surface area contributed by atoms with Crippen LogP contribution in [0.15, 0.2) is 0 Å². The minimum Gasteiger partial charge on any atom is -0.394 e. The molecule has 2 nitrogen and oxygen atoms in total. The first-order chi connectivity index (χ1) is 8.45. The molecular formula is C15H34O2Si. The van der Waals surface area contributed by atoms with Gasteiger partial charge in [-0.3, -0.25) is 0 Å². The predicted molar refractivity (Wildman–Crippen MR) is 82.1 cm³/mol. The lowest BCUT2D eigenvalue weighted by Gasteiger charge is -2.29. The highest BCUT2D eigenvalue weighted by Gasteiger charge is 2.33. The van der Waals surface area contributed by atoms with Crippen molar-refractivity contribution in [2.24, 2.45) is 11.8 Å². The van der Waals surface area contributed by atoms with Gasteiger partial charge >= 0.3 is 8.56 Å². The van der Waals surface area contributed by atoms with Crippen molar-refractivity contribution in [1.29, 1.82) is 0 Å². The van der Waals surface area contributed by atoms with Gasteiger partial charge in [0.05, 0.1) is 0 Å². The van der Waals surface area contributed by atoms with E-state index in [9.17, 15) is 0 Å². The second-order valence-corrected chi connectivity index (χ2v) is 9.85. The van der Waals surface area contributed by atoms with Crippen LogP contribution in [0.5, 0.6) is 0 Å². The summed E-state index contributed by atoms with van der Waals surface area (Å²) in [4.78, 5) is 0. The van der Waals surface area contributed by atoms with Crippen molar-refractivity contribution in [3.8, 4) is 0 Å². The third kappa shape index (κ3) is 8.28. The third-order valence-electron chi connectivity index (χ3n) is 3.43. The molecule has 0 radical (unpaired) electrons. The Labute approximate surface area is 116 Å². The van der Waals surface area contributed by atoms with Gasteiger partial charge in [-0.1, -0.05) is 41.5 Å². The van der Waals surface area contributed by atoms with Gasteiger partial charge in [0.15, 0.2) is 0 Å². The van der Waals surface area contributed by atoms with Crippen LogP contribution in [-0.4, -0.2) is 21.8 Å². The van der Waals surface area contributed by atoms with Crippen molar-refractivity contribution in [3.63, 3.8) is 0 Å². The molecule has 0 saturated carbocycles. The van der Waals surface area contributed by atoms with Crippen molar-refractivity contribution in [1.82, 2.24) is 0 Å². The van der Waals surface area contributed by atoms with Gasteiger partial charge in [0.2, 0.25) is 0 Å². The number of hydrogen-bond acceptors (Lipinski definition) is 2. The lowest BCUT2D eigenvalue weighted by molar-refractivity contribution is 0.157. The van der Waals surface area contributed by atoms with Crippen LogP contribution in [-0.2, 0) is 8.85 Å². The van der Waals surface area contributed by atoms with Crippen LogP contribution in [0.3, 0.4) is 0 Å². The van der Waals surface area contributed by atoms with Gasteiger partial charge in [-0.25, -0.2) is 0 Å². The fourth-order valence-corrected chi connectivity index (χ4v) is 4.34. The van der Waals surface area contributed by atoms with E-state index in [0.717, 1.165) is 37.6 Å². The Morgan fingerprint density at radius 1 is 0.778 bits per heavy atom. The zero-order valence-electron chi connectivity index (χ0n) is 13.4. The monoisotopic (exact) mass is 274 g/mol. The lowest BCUT2D eigenvalue weighted by atomic mass is 10.1. The van der Waals surface area contributed by atoms with Crippen molar-refractivity contribution < 1.29 is 8.85 Å². The minimum atomic E-state index is -1.88. The highest BCUT2D eigenvalue weighted by Crippen LogP contribution is 2.20. The van der Waals surface area contributed by atoms with E-state index in [1.165, 1.54) is 12.8 Å². The van der Waals surface area contributed by atoms with Gasteiger partial charge in [-0.15, -0.1) is 0 Å². The van der Waals surface area contributed by atoms with Crippen LogP contribution in [0, 0.1) is 11.8 Å². The fourth-order valence-electron chi connectivity index (χ4n) is 1.93. The molecule has 0 fully saturated rings. The second kappa shape index (κ2) is 9.99. The number of hydrogen-bond donors (Lipinski definition) is 0. The smallest absolute Gasteiger partial charge is 0.337 e. The van der Waals surface area contributed by atoms with E-state index < -0.39 is 8.56 Å². The molecule has 0 aliphatic rings. The molecule has 0 aromatic carbocycles. The third-order valence-corrected chi connectivity index (χ3v) is 7.04. The van der Waals surface area contributed by atoms with E-state index in [4.69, 9.17) is 8.85 Å². The van der Waals surface area contributed by atoms with Gasteiger partial charge in [0.1, 0.15) is 0 Å². The van der Waals surface area contributed by atoms with Gasteiger partial charge in [0, 0.05) is 13.2 Å². The average molecular weight is 275 g/mol. The summed E-state index contributed by atoms with van der Waals surface area (Å²) >= 11 is 0. The maximum absolute atomic E-state index is 6.18. The van der Waals surface area contributed by atoms with Gasteiger partial charge in [-0.2, -0.15) is 0 Å². The molecule has 0 heterocycles. The first-order valence-electron chi connectivity index (χ1n) is 7.73. The van der Waals surface area contributed by atoms with Gasteiger partial charge in [-0.05, 0) is 43.2 Å². The zero-order valence-corrected chi connectivity index (χ0v) is 14.4. The molecule has 18 heavy (non-hydrogen) atoms. The van der Waals surface area contributed by atoms with Gasteiger partial charge in [0.25, 0.3) is 0 Å². The highest BCUT2D eigenvalue weighted by molar-refractivity contribution is 6.67. The Morgan fingerprint density at radius 3 is 1.72 bits per heavy atom. The second-order valence-electron chi connectivity index (χ2n) is 6.03. The predicted octanol–water partition coefficient (Wildman–Crippen LogP) is 4.98. The number of rotatable bonds is 11. The Hall–Kier alpha value is 0.137. The Morgan fingerprint density at radius 2 is 1.28 bits per heavy atom. The molecule has 0 amide bonds. The molecular weight excluding hydrogens is 240 g/mol. The quantitative estimate of drug-likeness (QED) is 0.390. The molecule has 0 spiro atoms. The summed E-state index contributed by atoms with van der Waals surface area (Å²) in [7, 11) is -1.88. The van der Waals surface area contributed by atoms with E-state index in [1.807, 2.05) is 0 Å². The van der Waals surface area contributed by atoms with E-state index in [1.54, 1.807) is 0 Å². The molecule has 0 unspecified atom stereocenters. The first-order valence-corrected chi connectivity index (χ1v) is 9.96. The SMILES string of the molecule is CC[Si](CC)(OCCCC(C)C)OCCC(C)C. The van der Waals surface area contributed by atoms with E-state index in [2.05, 4.69) is 41.5 Å². The highest BCUT2D eigenvalue weighted by atomic mass is 28.4. The standard InChI is InChI=1S/C15H34O2Si/c1-7-18(8-2,17-13-11-15(5)6)16-12-9-10-14(3)4/h14-15H,7-13H2,1-6H3. The largest absolute Gasteiger partial charge is 0.394 e. The van der Waals surface area contributed by atoms with E-state index >= 15 is 0 Å². The van der Waals surface area contributed by atoms with Gasteiger partial charge < -0.3 is 8.85 Å². The summed E-state index contributed by atoms with van der Waals surface area (Å²) in [6.07, 6.45) is 3.56. The molecule has 0 aromatic rings. The normalized spacial score (nSPS) is 12.7. The molecule has 0 N–H and O–H groups in total. The fraction of sp³-hybridized carbons (Fsp3) is 1.00. The zero-order chi connectivity index (χ0) is 14.0. The molecule has 0 aliphatic heterocycles. The summed E-state index contributed by atoms with van der Waals surface area (Å²) in [6.45, 7) is 15.2. The Balaban J connectivity index is 4.00. The Bertz CT molecular complexity index is 189. The van der Waals surface area contributed by atoms with E-state index in [-0.39, 0.29) is 0 Å². The topological polar surface area (TPSA) is 18.5 Å². The van der Waals surface area contributed by atoms with Crippen LogP contribution < -0.4 is 0 Å². The molecule has 0 aliphatic carbocycles. The van der Waals surface area contributed by atoms with Crippen molar-refractivity contribution in [3.05, 3.63) is 0 Å². The summed E-state index contributed by atoms with van der Waals surface area (Å²) < 4.78 is 12.3. The maximum atomic E-state index is 6.18. The summed E-state index contributed by atoms with van der Waals surface area (Å²) in [5.74, 6) is 1.49. The molecule has 0 saturated heterocycles. The summed E-state index contributed by atoms with van der Waals surface area (Å²) in [6, 6.07) is 2.15. The molecule has 0 rings (SSSR count). The molecule has 3 heteroatoms. The molecule has 0 bridgehead atoms. The van der Waals surface area contributed by atoms with Crippen LogP contribution in [0.4, 0.5) is 0 Å². The van der Waals surface area contributed by atoms with Crippen LogP contribution in [0.25, 0.3) is 0 Å². The van der Waals surface area contributed by atoms with Crippen molar-refractivity contribution in [2.45, 2.75) is 72.9 Å². The summed E-state index contributed by atoms with van der Waals surface area (Å²) in [5.41, 5.74) is 0. The van der Waals surface area contributed by atoms with Crippen molar-refractivity contribution >= 4 is 8.56 Å².